The number of rotatable bonds is 8. The third-order valence-electron chi connectivity index (χ3n) is 5.81. The van der Waals surface area contributed by atoms with E-state index in [1.807, 2.05) is 42.5 Å². The van der Waals surface area contributed by atoms with E-state index < -0.39 is 11.5 Å². The number of aliphatic imine (C=N–C) groups is 1. The molecule has 1 aliphatic heterocycles. The van der Waals surface area contributed by atoms with Crippen molar-refractivity contribution in [2.24, 2.45) is 4.99 Å². The number of esters is 1. The number of carbonyl (C=O) groups excluding carboxylic acids is 2. The van der Waals surface area contributed by atoms with Gasteiger partial charge in [-0.1, -0.05) is 71.6 Å². The van der Waals surface area contributed by atoms with E-state index in [0.717, 1.165) is 27.6 Å². The number of nitrogens with zero attached hydrogens (tertiary/aromatic N) is 5. The minimum absolute atomic E-state index is 0.122. The van der Waals surface area contributed by atoms with E-state index >= 15 is 0 Å². The maximum Gasteiger partial charge on any atom is 0.318 e. The molecule has 0 spiro atoms. The van der Waals surface area contributed by atoms with Crippen molar-refractivity contribution in [2.75, 3.05) is 12.9 Å². The standard InChI is InChI=1S/C28H23N5O5S/c1-37-21-13-11-19(12-14-21)15-24-27(36)32(16-20-7-3-2-4-8-20)28(29-24)39-17-25(34)38-18-33-26(35)22-9-5-6-10-23(22)30-31-33/h2-15H,16-18H2,1H3/b24-15-. The molecule has 39 heavy (non-hydrogen) atoms. The molecule has 0 saturated heterocycles. The van der Waals surface area contributed by atoms with E-state index in [1.54, 1.807) is 49.6 Å². The highest BCUT2D eigenvalue weighted by molar-refractivity contribution is 8.14. The van der Waals surface area contributed by atoms with Crippen molar-refractivity contribution in [3.05, 3.63) is 106 Å². The Labute approximate surface area is 227 Å². The third kappa shape index (κ3) is 6.04. The third-order valence-corrected chi connectivity index (χ3v) is 6.76. The summed E-state index contributed by atoms with van der Waals surface area (Å²) < 4.78 is 11.4. The fourth-order valence-corrected chi connectivity index (χ4v) is 4.61. The quantitative estimate of drug-likeness (QED) is 0.246. The summed E-state index contributed by atoms with van der Waals surface area (Å²) in [5.74, 6) is -0.285. The molecule has 1 aromatic heterocycles. The van der Waals surface area contributed by atoms with Crippen LogP contribution < -0.4 is 10.3 Å². The van der Waals surface area contributed by atoms with E-state index in [-0.39, 0.29) is 24.1 Å². The van der Waals surface area contributed by atoms with Crippen molar-refractivity contribution >= 4 is 45.8 Å². The van der Waals surface area contributed by atoms with Gasteiger partial charge in [0, 0.05) is 0 Å². The van der Waals surface area contributed by atoms with E-state index in [1.165, 1.54) is 4.90 Å². The summed E-state index contributed by atoms with van der Waals surface area (Å²) in [6, 6.07) is 23.6. The van der Waals surface area contributed by atoms with Gasteiger partial charge in [-0.25, -0.2) is 4.99 Å². The molecule has 10 nitrogen and oxygen atoms in total. The molecule has 11 heteroatoms. The lowest BCUT2D eigenvalue weighted by Gasteiger charge is -2.17. The number of amides is 1. The van der Waals surface area contributed by atoms with Gasteiger partial charge in [-0.2, -0.15) is 4.68 Å². The molecule has 0 N–H and O–H groups in total. The molecule has 1 amide bonds. The molecule has 0 radical (unpaired) electrons. The highest BCUT2D eigenvalue weighted by atomic mass is 32.2. The highest BCUT2D eigenvalue weighted by Crippen LogP contribution is 2.26. The van der Waals surface area contributed by atoms with Crippen LogP contribution in [0.3, 0.4) is 0 Å². The molecule has 0 aliphatic carbocycles. The van der Waals surface area contributed by atoms with Crippen molar-refractivity contribution in [3.8, 4) is 5.75 Å². The maximum atomic E-state index is 13.3. The first-order chi connectivity index (χ1) is 19.0. The Hall–Kier alpha value is -4.77. The van der Waals surface area contributed by atoms with Gasteiger partial charge in [0.15, 0.2) is 11.9 Å². The number of fused-ring (bicyclic) bond motifs is 1. The number of carbonyl (C=O) groups is 2. The van der Waals surface area contributed by atoms with Crippen LogP contribution in [0.1, 0.15) is 11.1 Å². The largest absolute Gasteiger partial charge is 0.497 e. The Kier molecular flexibility index (Phi) is 7.78. The SMILES string of the molecule is COc1ccc(/C=C2\N=C(SCC(=O)OCn3nnc4ccccc4c3=O)N(Cc3ccccc3)C2=O)cc1. The molecule has 0 fully saturated rings. The summed E-state index contributed by atoms with van der Waals surface area (Å²) in [6.07, 6.45) is 1.69. The molecule has 3 aromatic carbocycles. The predicted molar refractivity (Wildman–Crippen MR) is 148 cm³/mol. The predicted octanol–water partition coefficient (Wildman–Crippen LogP) is 3.47. The molecule has 0 saturated carbocycles. The van der Waals surface area contributed by atoms with Crippen LogP contribution in [0.15, 0.2) is 94.3 Å². The van der Waals surface area contributed by atoms with Gasteiger partial charge in [0.1, 0.15) is 17.0 Å². The van der Waals surface area contributed by atoms with E-state index in [2.05, 4.69) is 15.3 Å². The summed E-state index contributed by atoms with van der Waals surface area (Å²) in [6.45, 7) is -0.0829. The van der Waals surface area contributed by atoms with Gasteiger partial charge in [-0.15, -0.1) is 5.10 Å². The first-order valence-corrected chi connectivity index (χ1v) is 12.9. The number of methoxy groups -OCH3 is 1. The van der Waals surface area contributed by atoms with Crippen molar-refractivity contribution in [1.82, 2.24) is 19.9 Å². The van der Waals surface area contributed by atoms with Crippen LogP contribution in [0, 0.1) is 0 Å². The monoisotopic (exact) mass is 541 g/mol. The van der Waals surface area contributed by atoms with Crippen LogP contribution in [-0.4, -0.2) is 49.8 Å². The summed E-state index contributed by atoms with van der Waals surface area (Å²) in [5, 5.41) is 8.56. The average molecular weight is 542 g/mol. The van der Waals surface area contributed by atoms with E-state index in [4.69, 9.17) is 9.47 Å². The second kappa shape index (κ2) is 11.7. The summed E-state index contributed by atoms with van der Waals surface area (Å²) in [7, 11) is 1.59. The van der Waals surface area contributed by atoms with E-state index in [0.29, 0.717) is 28.4 Å². The van der Waals surface area contributed by atoms with Gasteiger partial charge < -0.3 is 9.47 Å². The number of benzene rings is 3. The van der Waals surface area contributed by atoms with Crippen LogP contribution in [0.5, 0.6) is 5.75 Å². The zero-order valence-electron chi connectivity index (χ0n) is 20.9. The Morgan fingerprint density at radius 3 is 2.49 bits per heavy atom. The van der Waals surface area contributed by atoms with Gasteiger partial charge in [0.05, 0.1) is 24.8 Å². The second-order valence-electron chi connectivity index (χ2n) is 8.42. The number of hydrogen-bond acceptors (Lipinski definition) is 9. The number of thioether (sulfide) groups is 1. The lowest BCUT2D eigenvalue weighted by molar-refractivity contribution is -0.144. The molecule has 0 atom stereocenters. The Morgan fingerprint density at radius 2 is 1.72 bits per heavy atom. The Bertz CT molecular complexity index is 1630. The van der Waals surface area contributed by atoms with Crippen LogP contribution in [0.25, 0.3) is 17.0 Å². The summed E-state index contributed by atoms with van der Waals surface area (Å²) >= 11 is 1.08. The first kappa shape index (κ1) is 25.9. The number of amidine groups is 1. The van der Waals surface area contributed by atoms with Gasteiger partial charge in [-0.3, -0.25) is 19.3 Å². The minimum Gasteiger partial charge on any atom is -0.497 e. The minimum atomic E-state index is -0.593. The molecule has 196 valence electrons. The molecule has 4 aromatic rings. The van der Waals surface area contributed by atoms with Crippen LogP contribution >= 0.6 is 11.8 Å². The van der Waals surface area contributed by atoms with Crippen molar-refractivity contribution < 1.29 is 19.1 Å². The first-order valence-electron chi connectivity index (χ1n) is 11.9. The average Bonchev–Trinajstić information content (AvgIpc) is 3.26. The van der Waals surface area contributed by atoms with Crippen molar-refractivity contribution in [3.63, 3.8) is 0 Å². The molecule has 1 aliphatic rings. The van der Waals surface area contributed by atoms with Crippen LogP contribution in [-0.2, 0) is 27.6 Å². The van der Waals surface area contributed by atoms with Gasteiger partial charge in [-0.05, 0) is 41.5 Å². The molecular formula is C28H23N5O5S. The fraction of sp³-hybridized carbons (Fsp3) is 0.143. The number of ether oxygens (including phenoxy) is 2. The lowest BCUT2D eigenvalue weighted by atomic mass is 10.1. The molecule has 0 unspecified atom stereocenters. The van der Waals surface area contributed by atoms with Crippen LogP contribution in [0.2, 0.25) is 0 Å². The smallest absolute Gasteiger partial charge is 0.318 e. The van der Waals surface area contributed by atoms with Crippen molar-refractivity contribution in [1.29, 1.82) is 0 Å². The topological polar surface area (TPSA) is 116 Å². The number of aromatic nitrogens is 3. The van der Waals surface area contributed by atoms with Gasteiger partial charge in [0.2, 0.25) is 0 Å². The van der Waals surface area contributed by atoms with E-state index in [9.17, 15) is 14.4 Å². The highest BCUT2D eigenvalue weighted by Gasteiger charge is 2.31. The zero-order valence-corrected chi connectivity index (χ0v) is 21.7. The summed E-state index contributed by atoms with van der Waals surface area (Å²) in [5.41, 5.74) is 2.01. The molecule has 2 heterocycles. The summed E-state index contributed by atoms with van der Waals surface area (Å²) in [4.78, 5) is 44.4. The normalized spacial score (nSPS) is 14.1. The Balaban J connectivity index is 1.29. The maximum absolute atomic E-state index is 13.3. The van der Waals surface area contributed by atoms with Crippen molar-refractivity contribution in [2.45, 2.75) is 13.3 Å². The van der Waals surface area contributed by atoms with Crippen LogP contribution in [0.4, 0.5) is 0 Å². The van der Waals surface area contributed by atoms with Gasteiger partial charge >= 0.3 is 5.97 Å². The lowest BCUT2D eigenvalue weighted by Crippen LogP contribution is -2.31. The number of hydrogen-bond donors (Lipinski definition) is 0. The van der Waals surface area contributed by atoms with Gasteiger partial charge in [0.25, 0.3) is 11.5 Å². The fourth-order valence-electron chi connectivity index (χ4n) is 3.81. The molecular weight excluding hydrogens is 518 g/mol. The molecule has 0 bridgehead atoms. The Morgan fingerprint density at radius 1 is 0.974 bits per heavy atom. The molecule has 5 rings (SSSR count). The zero-order chi connectivity index (χ0) is 27.2. The second-order valence-corrected chi connectivity index (χ2v) is 9.36.